The number of ether oxygens (including phenoxy) is 1. The Bertz CT molecular complexity index is 1370. The smallest absolute Gasteiger partial charge is 0.296 e. The minimum Gasteiger partial charge on any atom is -0.368 e. The van der Waals surface area contributed by atoms with Crippen molar-refractivity contribution in [1.82, 2.24) is 34.7 Å². The van der Waals surface area contributed by atoms with Crippen molar-refractivity contribution in [3.8, 4) is 5.95 Å². The number of morpholine rings is 1. The van der Waals surface area contributed by atoms with Gasteiger partial charge in [-0.25, -0.2) is 13.8 Å². The molecule has 4 aromatic rings. The van der Waals surface area contributed by atoms with E-state index in [0.29, 0.717) is 42.5 Å². The lowest BCUT2D eigenvalue weighted by Crippen LogP contribution is -2.35. The summed E-state index contributed by atoms with van der Waals surface area (Å²) in [7, 11) is 0. The van der Waals surface area contributed by atoms with E-state index in [-0.39, 0.29) is 12.0 Å². The van der Waals surface area contributed by atoms with Crippen molar-refractivity contribution in [3.05, 3.63) is 71.8 Å². The summed E-state index contributed by atoms with van der Waals surface area (Å²) >= 11 is 0. The van der Waals surface area contributed by atoms with Crippen LogP contribution in [0.4, 0.5) is 14.7 Å². The van der Waals surface area contributed by atoms with Crippen LogP contribution in [0.15, 0.2) is 54.6 Å². The molecule has 2 N–H and O–H groups in total. The molecule has 6 rings (SSSR count). The van der Waals surface area contributed by atoms with Crippen molar-refractivity contribution in [2.24, 2.45) is 0 Å². The van der Waals surface area contributed by atoms with Crippen LogP contribution in [0.5, 0.6) is 0 Å². The molecule has 0 spiro atoms. The summed E-state index contributed by atoms with van der Waals surface area (Å²) in [6.07, 6.45) is -0.887. The highest BCUT2D eigenvalue weighted by Gasteiger charge is 2.27. The van der Waals surface area contributed by atoms with Gasteiger partial charge in [-0.15, -0.1) is 0 Å². The molecule has 2 aliphatic rings. The fraction of sp³-hybridized carbons (Fsp3) is 0.407. The summed E-state index contributed by atoms with van der Waals surface area (Å²) in [5.41, 5.74) is 2.16. The first-order chi connectivity index (χ1) is 18.7. The highest BCUT2D eigenvalue weighted by atomic mass is 19.3. The molecule has 11 heteroatoms. The highest BCUT2D eigenvalue weighted by Crippen LogP contribution is 2.29. The summed E-state index contributed by atoms with van der Waals surface area (Å²) in [6.45, 7) is 4.37. The minimum atomic E-state index is -2.80. The maximum absolute atomic E-state index is 14.1. The van der Waals surface area contributed by atoms with E-state index in [9.17, 15) is 8.78 Å². The van der Waals surface area contributed by atoms with Crippen LogP contribution in [0.2, 0.25) is 0 Å². The number of nitrogens with zero attached hydrogens (tertiary/aromatic N) is 6. The number of rotatable bonds is 8. The number of para-hydroxylation sites is 2. The van der Waals surface area contributed by atoms with Crippen LogP contribution in [-0.2, 0) is 4.74 Å². The lowest BCUT2D eigenvalue weighted by Gasteiger charge is -2.28. The van der Waals surface area contributed by atoms with Crippen molar-refractivity contribution in [2.75, 3.05) is 44.6 Å². The number of aromatic nitrogens is 5. The van der Waals surface area contributed by atoms with Gasteiger partial charge in [0, 0.05) is 19.6 Å². The van der Waals surface area contributed by atoms with Gasteiger partial charge in [-0.3, -0.25) is 9.47 Å². The lowest BCUT2D eigenvalue weighted by molar-refractivity contribution is 0.0220. The number of likely N-dealkylation sites (tertiary alicyclic amines) is 1. The molecule has 2 atom stereocenters. The van der Waals surface area contributed by atoms with Gasteiger partial charge in [-0.1, -0.05) is 42.5 Å². The number of anilines is 1. The fourth-order valence-corrected chi connectivity index (χ4v) is 5.21. The van der Waals surface area contributed by atoms with Gasteiger partial charge in [-0.05, 0) is 43.6 Å². The molecule has 0 radical (unpaired) electrons. The van der Waals surface area contributed by atoms with Gasteiger partial charge in [0.15, 0.2) is 11.6 Å². The standard InChI is InChI=1S/C27H30F2N8O/c28-23(29)25-32-19-10-4-5-11-20(19)37(25)27-34-24(22-17-30-12-15-38-22)33-26(35-27)31-16-21(36-13-6-7-14-36)18-8-2-1-3-9-18/h1-5,8-11,21-23,30H,6-7,12-17H2,(H,31,33,34,35). The first-order valence-electron chi connectivity index (χ1n) is 13.0. The van der Waals surface area contributed by atoms with Crippen molar-refractivity contribution in [1.29, 1.82) is 0 Å². The van der Waals surface area contributed by atoms with Gasteiger partial charge in [0.05, 0.1) is 23.7 Å². The number of benzene rings is 2. The Morgan fingerprint density at radius 2 is 1.76 bits per heavy atom. The fourth-order valence-electron chi connectivity index (χ4n) is 5.21. The highest BCUT2D eigenvalue weighted by molar-refractivity contribution is 5.77. The second-order valence-corrected chi connectivity index (χ2v) is 9.53. The van der Waals surface area contributed by atoms with Crippen LogP contribution in [0, 0.1) is 0 Å². The number of nitrogens with one attached hydrogen (secondary N) is 2. The van der Waals surface area contributed by atoms with E-state index in [2.05, 4.69) is 47.6 Å². The quantitative estimate of drug-likeness (QED) is 0.359. The third-order valence-electron chi connectivity index (χ3n) is 7.06. The number of halogens is 2. The van der Waals surface area contributed by atoms with Crippen LogP contribution < -0.4 is 10.6 Å². The molecule has 38 heavy (non-hydrogen) atoms. The minimum absolute atomic E-state index is 0.0908. The lowest BCUT2D eigenvalue weighted by atomic mass is 10.1. The van der Waals surface area contributed by atoms with E-state index in [1.807, 2.05) is 18.2 Å². The van der Waals surface area contributed by atoms with Crippen molar-refractivity contribution >= 4 is 17.0 Å². The molecule has 2 aliphatic heterocycles. The molecule has 0 bridgehead atoms. The van der Waals surface area contributed by atoms with Crippen LogP contribution >= 0.6 is 0 Å². The summed E-state index contributed by atoms with van der Waals surface area (Å²) in [5, 5.41) is 6.68. The van der Waals surface area contributed by atoms with E-state index in [1.165, 1.54) is 23.0 Å². The summed E-state index contributed by atoms with van der Waals surface area (Å²) in [6, 6.07) is 17.5. The summed E-state index contributed by atoms with van der Waals surface area (Å²) < 4.78 is 35.5. The molecule has 198 valence electrons. The molecular weight excluding hydrogens is 490 g/mol. The van der Waals surface area contributed by atoms with Gasteiger partial charge in [-0.2, -0.15) is 15.0 Å². The summed E-state index contributed by atoms with van der Waals surface area (Å²) in [5.74, 6) is 0.391. The average molecular weight is 521 g/mol. The molecule has 2 saturated heterocycles. The Balaban J connectivity index is 1.39. The normalized spacial score (nSPS) is 19.3. The second kappa shape index (κ2) is 11.1. The van der Waals surface area contributed by atoms with Crippen molar-refractivity contribution in [2.45, 2.75) is 31.4 Å². The van der Waals surface area contributed by atoms with Crippen molar-refractivity contribution < 1.29 is 13.5 Å². The Morgan fingerprint density at radius 1 is 0.974 bits per heavy atom. The maximum Gasteiger partial charge on any atom is 0.296 e. The third kappa shape index (κ3) is 5.09. The molecule has 2 aromatic carbocycles. The van der Waals surface area contributed by atoms with E-state index in [0.717, 1.165) is 19.6 Å². The molecule has 0 aliphatic carbocycles. The molecule has 0 saturated carbocycles. The SMILES string of the molecule is FC(F)c1nc2ccccc2n1-c1nc(NCC(c2ccccc2)N2CCCC2)nc(C2CNCCO2)n1. The Morgan fingerprint density at radius 3 is 2.53 bits per heavy atom. The zero-order valence-electron chi connectivity index (χ0n) is 20.9. The zero-order valence-corrected chi connectivity index (χ0v) is 20.9. The van der Waals surface area contributed by atoms with Crippen LogP contribution in [-0.4, -0.2) is 68.7 Å². The molecule has 9 nitrogen and oxygen atoms in total. The Labute approximate surface area is 219 Å². The number of hydrogen-bond donors (Lipinski definition) is 2. The van der Waals surface area contributed by atoms with E-state index in [1.54, 1.807) is 24.3 Å². The average Bonchev–Trinajstić information content (AvgIpc) is 3.63. The molecule has 0 amide bonds. The van der Waals surface area contributed by atoms with E-state index >= 15 is 0 Å². The van der Waals surface area contributed by atoms with Gasteiger partial charge >= 0.3 is 0 Å². The topological polar surface area (TPSA) is 93.0 Å². The first-order valence-corrected chi connectivity index (χ1v) is 13.0. The third-order valence-corrected chi connectivity index (χ3v) is 7.06. The first kappa shape index (κ1) is 24.8. The summed E-state index contributed by atoms with van der Waals surface area (Å²) in [4.78, 5) is 20.5. The van der Waals surface area contributed by atoms with Gasteiger partial charge in [0.2, 0.25) is 11.9 Å². The van der Waals surface area contributed by atoms with E-state index < -0.39 is 18.4 Å². The van der Waals surface area contributed by atoms with Gasteiger partial charge in [0.1, 0.15) is 6.10 Å². The number of imidazole rings is 1. The van der Waals surface area contributed by atoms with Crippen molar-refractivity contribution in [3.63, 3.8) is 0 Å². The largest absolute Gasteiger partial charge is 0.368 e. The maximum atomic E-state index is 14.1. The van der Waals surface area contributed by atoms with Crippen LogP contribution in [0.1, 0.15) is 48.6 Å². The molecule has 4 heterocycles. The predicted octanol–water partition coefficient (Wildman–Crippen LogP) is 4.06. The zero-order chi connectivity index (χ0) is 25.9. The Hall–Kier alpha value is -3.54. The predicted molar refractivity (Wildman–Crippen MR) is 139 cm³/mol. The number of alkyl halides is 2. The second-order valence-electron chi connectivity index (χ2n) is 9.53. The van der Waals surface area contributed by atoms with Gasteiger partial charge in [0.25, 0.3) is 6.43 Å². The molecule has 2 unspecified atom stereocenters. The van der Waals surface area contributed by atoms with Crippen LogP contribution in [0.3, 0.4) is 0 Å². The molecule has 2 fully saturated rings. The number of fused-ring (bicyclic) bond motifs is 1. The Kier molecular flexibility index (Phi) is 7.21. The van der Waals surface area contributed by atoms with Gasteiger partial charge < -0.3 is 15.4 Å². The molecular formula is C27H30F2N8O. The van der Waals surface area contributed by atoms with E-state index in [4.69, 9.17) is 4.74 Å². The molecule has 2 aromatic heterocycles. The van der Waals surface area contributed by atoms with Crippen LogP contribution in [0.25, 0.3) is 17.0 Å². The monoisotopic (exact) mass is 520 g/mol. The number of hydrogen-bond acceptors (Lipinski definition) is 8.